The summed E-state index contributed by atoms with van der Waals surface area (Å²) in [5.41, 5.74) is 8.77. The number of anilines is 2. The molecule has 0 amide bonds. The van der Waals surface area contributed by atoms with Crippen molar-refractivity contribution in [3.63, 3.8) is 0 Å². The lowest BCUT2D eigenvalue weighted by Crippen LogP contribution is -2.40. The van der Waals surface area contributed by atoms with E-state index in [1.54, 1.807) is 0 Å². The van der Waals surface area contributed by atoms with Crippen molar-refractivity contribution in [2.75, 3.05) is 18.1 Å². The maximum absolute atomic E-state index is 14.8. The van der Waals surface area contributed by atoms with E-state index < -0.39 is 36.5 Å². The summed E-state index contributed by atoms with van der Waals surface area (Å²) in [7, 11) is 0. The molecule has 1 aliphatic rings. The highest BCUT2D eigenvalue weighted by Gasteiger charge is 2.55. The number of alkyl halides is 1. The number of hydrogen-bond donors (Lipinski definition) is 4. The van der Waals surface area contributed by atoms with E-state index in [1.165, 1.54) is 0 Å². The van der Waals surface area contributed by atoms with Crippen molar-refractivity contribution in [2.45, 2.75) is 31.0 Å². The molecule has 1 saturated heterocycles. The predicted octanol–water partition coefficient (Wildman–Crippen LogP) is -0.286. The summed E-state index contributed by atoms with van der Waals surface area (Å²) >= 11 is 0. The molecule has 0 unspecified atom stereocenters. The monoisotopic (exact) mass is 315 g/mol. The average Bonchev–Trinajstić information content (AvgIpc) is 2.86. The molecule has 2 aromatic heterocycles. The van der Waals surface area contributed by atoms with E-state index in [2.05, 4.69) is 9.97 Å². The molecule has 3 heterocycles. The first kappa shape index (κ1) is 14.9. The van der Waals surface area contributed by atoms with Gasteiger partial charge in [-0.15, -0.1) is 0 Å². The van der Waals surface area contributed by atoms with E-state index in [0.717, 1.165) is 17.7 Å². The third-order valence-electron chi connectivity index (χ3n) is 3.82. The van der Waals surface area contributed by atoms with E-state index in [-0.39, 0.29) is 22.8 Å². The first-order valence-electron chi connectivity index (χ1n) is 6.49. The van der Waals surface area contributed by atoms with E-state index in [1.807, 2.05) is 0 Å². The Morgan fingerprint density at radius 3 is 2.73 bits per heavy atom. The normalized spacial score (nSPS) is 32.0. The van der Waals surface area contributed by atoms with Crippen LogP contribution in [-0.4, -0.2) is 49.2 Å². The van der Waals surface area contributed by atoms with Crippen molar-refractivity contribution < 1.29 is 23.7 Å². The summed E-state index contributed by atoms with van der Waals surface area (Å²) in [6.45, 7) is 0.508. The number of halogens is 2. The molecule has 0 spiro atoms. The van der Waals surface area contributed by atoms with Crippen molar-refractivity contribution in [1.82, 2.24) is 14.5 Å². The lowest BCUT2D eigenvalue weighted by Gasteiger charge is -2.25. The fourth-order valence-corrected chi connectivity index (χ4v) is 2.69. The standard InChI is InChI=1S/C12H15F2N5O3/c1-12(14)7(21)5(3-20)22-10(12)19-2-4(13)6-8(15)17-11(16)18-9(6)19/h2,5,7,10,20-21H,3H2,1H3,(H4,15,16,17,18)/t5-,7-,10-,12-/m1/s1. The Bertz CT molecular complexity index is 735. The van der Waals surface area contributed by atoms with Crippen molar-refractivity contribution in [3.8, 4) is 0 Å². The highest BCUT2D eigenvalue weighted by molar-refractivity contribution is 5.88. The number of nitrogens with zero attached hydrogens (tertiary/aromatic N) is 3. The van der Waals surface area contributed by atoms with Gasteiger partial charge in [-0.05, 0) is 6.92 Å². The summed E-state index contributed by atoms with van der Waals surface area (Å²) in [6.07, 6.45) is -3.18. The van der Waals surface area contributed by atoms with Gasteiger partial charge in [0.2, 0.25) is 5.95 Å². The lowest BCUT2D eigenvalue weighted by molar-refractivity contribution is -0.0566. The molecule has 0 saturated carbocycles. The van der Waals surface area contributed by atoms with E-state index in [0.29, 0.717) is 0 Å². The minimum atomic E-state index is -2.28. The van der Waals surface area contributed by atoms with Gasteiger partial charge in [0.05, 0.1) is 12.0 Å². The number of aromatic nitrogens is 3. The summed E-state index contributed by atoms with van der Waals surface area (Å²) in [6, 6.07) is 0. The van der Waals surface area contributed by atoms with Crippen LogP contribution in [0.5, 0.6) is 0 Å². The number of aliphatic hydroxyl groups excluding tert-OH is 2. The second-order valence-corrected chi connectivity index (χ2v) is 5.36. The molecule has 22 heavy (non-hydrogen) atoms. The molecule has 10 heteroatoms. The van der Waals surface area contributed by atoms with Gasteiger partial charge in [-0.1, -0.05) is 0 Å². The molecule has 4 atom stereocenters. The number of aliphatic hydroxyl groups is 2. The van der Waals surface area contributed by atoms with Gasteiger partial charge in [0.1, 0.15) is 18.0 Å². The zero-order valence-corrected chi connectivity index (χ0v) is 11.6. The second-order valence-electron chi connectivity index (χ2n) is 5.36. The minimum absolute atomic E-state index is 0.0536. The van der Waals surface area contributed by atoms with Crippen LogP contribution in [0.15, 0.2) is 6.20 Å². The molecular formula is C12H15F2N5O3. The molecule has 0 aliphatic carbocycles. The van der Waals surface area contributed by atoms with E-state index in [4.69, 9.17) is 21.3 Å². The third-order valence-corrected chi connectivity index (χ3v) is 3.82. The van der Waals surface area contributed by atoms with Gasteiger partial charge in [0.15, 0.2) is 23.4 Å². The van der Waals surface area contributed by atoms with E-state index >= 15 is 0 Å². The Kier molecular flexibility index (Phi) is 3.20. The van der Waals surface area contributed by atoms with Gasteiger partial charge in [0.25, 0.3) is 0 Å². The van der Waals surface area contributed by atoms with Crippen LogP contribution in [0, 0.1) is 5.82 Å². The Morgan fingerprint density at radius 2 is 2.14 bits per heavy atom. The zero-order valence-electron chi connectivity index (χ0n) is 11.6. The molecule has 6 N–H and O–H groups in total. The summed E-state index contributed by atoms with van der Waals surface area (Å²) in [5.74, 6) is -1.16. The molecule has 120 valence electrons. The highest BCUT2D eigenvalue weighted by atomic mass is 19.1. The molecule has 2 aromatic rings. The molecule has 3 rings (SSSR count). The Balaban J connectivity index is 2.19. The van der Waals surface area contributed by atoms with Crippen LogP contribution in [0.4, 0.5) is 20.5 Å². The number of fused-ring (bicyclic) bond motifs is 1. The fourth-order valence-electron chi connectivity index (χ4n) is 2.69. The predicted molar refractivity (Wildman–Crippen MR) is 72.8 cm³/mol. The van der Waals surface area contributed by atoms with E-state index in [9.17, 15) is 13.9 Å². The minimum Gasteiger partial charge on any atom is -0.394 e. The third kappa shape index (κ3) is 1.91. The first-order chi connectivity index (χ1) is 10.3. The smallest absolute Gasteiger partial charge is 0.223 e. The number of hydrogen-bond acceptors (Lipinski definition) is 7. The van der Waals surface area contributed by atoms with Crippen molar-refractivity contribution in [2.24, 2.45) is 0 Å². The molecule has 8 nitrogen and oxygen atoms in total. The van der Waals surface area contributed by atoms with Gasteiger partial charge >= 0.3 is 0 Å². The van der Waals surface area contributed by atoms with Crippen LogP contribution in [0.1, 0.15) is 13.2 Å². The molecule has 0 bridgehead atoms. The summed E-state index contributed by atoms with van der Waals surface area (Å²) in [5, 5.41) is 18.9. The molecule has 0 radical (unpaired) electrons. The first-order valence-corrected chi connectivity index (χ1v) is 6.49. The van der Waals surface area contributed by atoms with Crippen LogP contribution in [-0.2, 0) is 4.74 Å². The lowest BCUT2D eigenvalue weighted by atomic mass is 9.98. The maximum Gasteiger partial charge on any atom is 0.223 e. The van der Waals surface area contributed by atoms with Crippen molar-refractivity contribution in [1.29, 1.82) is 0 Å². The van der Waals surface area contributed by atoms with Gasteiger partial charge in [-0.3, -0.25) is 4.57 Å². The van der Waals surface area contributed by atoms with Gasteiger partial charge in [0, 0.05) is 6.20 Å². The van der Waals surface area contributed by atoms with Crippen LogP contribution in [0.3, 0.4) is 0 Å². The number of nitrogens with two attached hydrogens (primary N) is 2. The fraction of sp³-hybridized carbons (Fsp3) is 0.500. The van der Waals surface area contributed by atoms with Crippen molar-refractivity contribution >= 4 is 22.8 Å². The molecule has 0 aromatic carbocycles. The topological polar surface area (TPSA) is 132 Å². The van der Waals surface area contributed by atoms with Crippen LogP contribution in [0.25, 0.3) is 11.0 Å². The highest BCUT2D eigenvalue weighted by Crippen LogP contribution is 2.43. The molecule has 1 fully saturated rings. The Labute approximate surface area is 123 Å². The zero-order chi connectivity index (χ0) is 16.2. The van der Waals surface area contributed by atoms with Gasteiger partial charge < -0.3 is 26.4 Å². The second kappa shape index (κ2) is 4.73. The quantitative estimate of drug-likeness (QED) is 0.598. The van der Waals surface area contributed by atoms with Gasteiger partial charge in [-0.2, -0.15) is 9.97 Å². The number of ether oxygens (including phenoxy) is 1. The number of nitrogen functional groups attached to an aromatic ring is 2. The maximum atomic E-state index is 14.8. The van der Waals surface area contributed by atoms with Crippen LogP contribution < -0.4 is 11.5 Å². The van der Waals surface area contributed by atoms with Gasteiger partial charge in [-0.25, -0.2) is 8.78 Å². The molecular weight excluding hydrogens is 300 g/mol. The Hall–Kier alpha value is -2.04. The summed E-state index contributed by atoms with van der Waals surface area (Å²) in [4.78, 5) is 7.51. The van der Waals surface area contributed by atoms with Crippen LogP contribution >= 0.6 is 0 Å². The van der Waals surface area contributed by atoms with Crippen LogP contribution in [0.2, 0.25) is 0 Å². The Morgan fingerprint density at radius 1 is 1.45 bits per heavy atom. The number of rotatable bonds is 2. The SMILES string of the molecule is C[C@@]1(F)[C@H](O)[C@@H](CO)O[C@H]1n1cc(F)c2c(N)nc(N)nc21. The average molecular weight is 315 g/mol. The largest absolute Gasteiger partial charge is 0.394 e. The molecule has 1 aliphatic heterocycles. The summed E-state index contributed by atoms with van der Waals surface area (Å²) < 4.78 is 35.2. The van der Waals surface area contributed by atoms with Crippen molar-refractivity contribution in [3.05, 3.63) is 12.0 Å².